The van der Waals surface area contributed by atoms with Gasteiger partial charge in [-0.1, -0.05) is 27.5 Å². The monoisotopic (exact) mass is 395 g/mol. The van der Waals surface area contributed by atoms with Crippen molar-refractivity contribution in [3.05, 3.63) is 27.7 Å². The van der Waals surface area contributed by atoms with E-state index in [1.807, 2.05) is 0 Å². The van der Waals surface area contributed by atoms with E-state index < -0.39 is 16.1 Å². The van der Waals surface area contributed by atoms with Crippen molar-refractivity contribution < 1.29 is 13.2 Å². The van der Waals surface area contributed by atoms with Gasteiger partial charge >= 0.3 is 0 Å². The van der Waals surface area contributed by atoms with Crippen molar-refractivity contribution in [2.45, 2.75) is 10.9 Å². The standard InChI is InChI=1S/C12H15BrClN3O3S/c1-15-12(18)10-7-16-4-5-17(10)21(19,20)11-3-2-8(13)6-9(11)14/h2-3,6,10,16H,4-5,7H2,1H3,(H,15,18). The average molecular weight is 397 g/mol. The Bertz CT molecular complexity index is 653. The van der Waals surface area contributed by atoms with E-state index in [4.69, 9.17) is 11.6 Å². The molecule has 1 aliphatic heterocycles. The van der Waals surface area contributed by atoms with E-state index in [1.165, 1.54) is 23.5 Å². The van der Waals surface area contributed by atoms with Gasteiger partial charge in [0.15, 0.2) is 0 Å². The number of nitrogens with zero attached hydrogens (tertiary/aromatic N) is 1. The molecule has 0 aliphatic carbocycles. The van der Waals surface area contributed by atoms with Crippen LogP contribution in [0.1, 0.15) is 0 Å². The average Bonchev–Trinajstić information content (AvgIpc) is 2.46. The fraction of sp³-hybridized carbons (Fsp3) is 0.417. The van der Waals surface area contributed by atoms with Crippen LogP contribution in [0.25, 0.3) is 0 Å². The van der Waals surface area contributed by atoms with Gasteiger partial charge in [0, 0.05) is 31.2 Å². The number of carbonyl (C=O) groups excluding carboxylic acids is 1. The van der Waals surface area contributed by atoms with Crippen molar-refractivity contribution in [2.24, 2.45) is 0 Å². The lowest BCUT2D eigenvalue weighted by molar-refractivity contribution is -0.124. The second-order valence-corrected chi connectivity index (χ2v) is 7.71. The maximum absolute atomic E-state index is 12.8. The number of nitrogens with one attached hydrogen (secondary N) is 2. The van der Waals surface area contributed by atoms with Crippen LogP contribution in [0.4, 0.5) is 0 Å². The Balaban J connectivity index is 2.43. The number of hydrogen-bond acceptors (Lipinski definition) is 4. The molecule has 1 saturated heterocycles. The molecular formula is C12H15BrClN3O3S. The minimum absolute atomic E-state index is 0.00293. The SMILES string of the molecule is CNC(=O)C1CNCCN1S(=O)(=O)c1ccc(Br)cc1Cl. The second-order valence-electron chi connectivity index (χ2n) is 4.52. The largest absolute Gasteiger partial charge is 0.358 e. The Kier molecular flexibility index (Phi) is 5.26. The number of carbonyl (C=O) groups is 1. The highest BCUT2D eigenvalue weighted by molar-refractivity contribution is 9.10. The number of sulfonamides is 1. The third-order valence-corrected chi connectivity index (χ3v) is 6.11. The summed E-state index contributed by atoms with van der Waals surface area (Å²) in [6.45, 7) is 0.973. The van der Waals surface area contributed by atoms with Crippen molar-refractivity contribution in [1.29, 1.82) is 0 Å². The van der Waals surface area contributed by atoms with Gasteiger partial charge in [-0.05, 0) is 18.2 Å². The highest BCUT2D eigenvalue weighted by Crippen LogP contribution is 2.29. The van der Waals surface area contributed by atoms with Crippen molar-refractivity contribution in [3.63, 3.8) is 0 Å². The van der Waals surface area contributed by atoms with Crippen LogP contribution in [0.3, 0.4) is 0 Å². The van der Waals surface area contributed by atoms with Gasteiger partial charge in [0.05, 0.1) is 5.02 Å². The van der Waals surface area contributed by atoms with Crippen LogP contribution in [0.5, 0.6) is 0 Å². The zero-order valence-electron chi connectivity index (χ0n) is 11.3. The molecular weight excluding hydrogens is 382 g/mol. The molecule has 1 unspecified atom stereocenters. The quantitative estimate of drug-likeness (QED) is 0.792. The minimum Gasteiger partial charge on any atom is -0.358 e. The third kappa shape index (κ3) is 3.40. The molecule has 1 aromatic rings. The van der Waals surface area contributed by atoms with E-state index in [9.17, 15) is 13.2 Å². The Labute approximate surface area is 137 Å². The van der Waals surface area contributed by atoms with Gasteiger partial charge in [0.25, 0.3) is 0 Å². The van der Waals surface area contributed by atoms with Crippen molar-refractivity contribution in [3.8, 4) is 0 Å². The highest BCUT2D eigenvalue weighted by Gasteiger charge is 2.38. The van der Waals surface area contributed by atoms with Crippen LogP contribution in [0.2, 0.25) is 5.02 Å². The highest BCUT2D eigenvalue weighted by atomic mass is 79.9. The first-order valence-electron chi connectivity index (χ1n) is 6.27. The fourth-order valence-corrected chi connectivity index (χ4v) is 4.78. The number of piperazine rings is 1. The van der Waals surface area contributed by atoms with E-state index in [0.29, 0.717) is 11.0 Å². The Morgan fingerprint density at radius 1 is 1.52 bits per heavy atom. The molecule has 1 amide bonds. The summed E-state index contributed by atoms with van der Waals surface area (Å²) in [6, 6.07) is 3.78. The van der Waals surface area contributed by atoms with Crippen LogP contribution >= 0.6 is 27.5 Å². The summed E-state index contributed by atoms with van der Waals surface area (Å²) < 4.78 is 27.4. The molecule has 0 bridgehead atoms. The minimum atomic E-state index is -3.83. The first-order chi connectivity index (χ1) is 9.87. The van der Waals surface area contributed by atoms with E-state index in [-0.39, 0.29) is 28.9 Å². The van der Waals surface area contributed by atoms with Gasteiger partial charge in [-0.15, -0.1) is 0 Å². The summed E-state index contributed by atoms with van der Waals surface area (Å²) >= 11 is 9.28. The molecule has 2 rings (SSSR count). The third-order valence-electron chi connectivity index (χ3n) is 3.22. The lowest BCUT2D eigenvalue weighted by Gasteiger charge is -2.34. The molecule has 0 spiro atoms. The summed E-state index contributed by atoms with van der Waals surface area (Å²) in [5.41, 5.74) is 0. The predicted molar refractivity (Wildman–Crippen MR) is 83.8 cm³/mol. The first kappa shape index (κ1) is 16.7. The molecule has 1 fully saturated rings. The second kappa shape index (κ2) is 6.62. The molecule has 6 nitrogen and oxygen atoms in total. The van der Waals surface area contributed by atoms with Gasteiger partial charge in [0.1, 0.15) is 10.9 Å². The smallest absolute Gasteiger partial charge is 0.245 e. The number of amides is 1. The van der Waals surface area contributed by atoms with Gasteiger partial charge in [-0.3, -0.25) is 4.79 Å². The predicted octanol–water partition coefficient (Wildman–Crippen LogP) is 0.811. The van der Waals surface area contributed by atoms with E-state index >= 15 is 0 Å². The van der Waals surface area contributed by atoms with Crippen LogP contribution in [-0.4, -0.2) is 51.4 Å². The van der Waals surface area contributed by atoms with Gasteiger partial charge in [-0.2, -0.15) is 4.31 Å². The van der Waals surface area contributed by atoms with E-state index in [2.05, 4.69) is 26.6 Å². The van der Waals surface area contributed by atoms with E-state index in [0.717, 1.165) is 0 Å². The number of halogens is 2. The molecule has 0 radical (unpaired) electrons. The normalized spacial score (nSPS) is 20.2. The van der Waals surface area contributed by atoms with Crippen LogP contribution in [-0.2, 0) is 14.8 Å². The summed E-state index contributed by atoms with van der Waals surface area (Å²) in [7, 11) is -2.35. The summed E-state index contributed by atoms with van der Waals surface area (Å²) in [4.78, 5) is 11.9. The first-order valence-corrected chi connectivity index (χ1v) is 8.88. The molecule has 1 aromatic carbocycles. The number of benzene rings is 1. The number of rotatable bonds is 3. The molecule has 1 aliphatic rings. The topological polar surface area (TPSA) is 78.5 Å². The van der Waals surface area contributed by atoms with Gasteiger partial charge in [0.2, 0.25) is 15.9 Å². The van der Waals surface area contributed by atoms with E-state index in [1.54, 1.807) is 6.07 Å². The molecule has 1 heterocycles. The van der Waals surface area contributed by atoms with Crippen LogP contribution < -0.4 is 10.6 Å². The van der Waals surface area contributed by atoms with Gasteiger partial charge < -0.3 is 10.6 Å². The molecule has 116 valence electrons. The molecule has 2 N–H and O–H groups in total. The number of hydrogen-bond donors (Lipinski definition) is 2. The molecule has 0 saturated carbocycles. The molecule has 9 heteroatoms. The zero-order chi connectivity index (χ0) is 15.6. The van der Waals surface area contributed by atoms with Crippen LogP contribution in [0.15, 0.2) is 27.6 Å². The summed E-state index contributed by atoms with van der Waals surface area (Å²) in [5.74, 6) is -0.348. The maximum Gasteiger partial charge on any atom is 0.245 e. The lowest BCUT2D eigenvalue weighted by Crippen LogP contribution is -2.59. The molecule has 1 atom stereocenters. The molecule has 21 heavy (non-hydrogen) atoms. The Hall–Kier alpha value is -0.670. The summed E-state index contributed by atoms with van der Waals surface area (Å²) in [6.07, 6.45) is 0. The Morgan fingerprint density at radius 3 is 2.86 bits per heavy atom. The van der Waals surface area contributed by atoms with Gasteiger partial charge in [-0.25, -0.2) is 8.42 Å². The fourth-order valence-electron chi connectivity index (χ4n) is 2.17. The van der Waals surface area contributed by atoms with Crippen molar-refractivity contribution in [1.82, 2.24) is 14.9 Å². The zero-order valence-corrected chi connectivity index (χ0v) is 14.4. The Morgan fingerprint density at radius 2 is 2.24 bits per heavy atom. The van der Waals surface area contributed by atoms with Crippen molar-refractivity contribution in [2.75, 3.05) is 26.7 Å². The number of likely N-dealkylation sites (N-methyl/N-ethyl adjacent to an activating group) is 1. The maximum atomic E-state index is 12.8. The van der Waals surface area contributed by atoms with Crippen molar-refractivity contribution >= 4 is 43.5 Å². The molecule has 0 aromatic heterocycles. The lowest BCUT2D eigenvalue weighted by atomic mass is 10.2. The van der Waals surface area contributed by atoms with Crippen LogP contribution in [0, 0.1) is 0 Å². The summed E-state index contributed by atoms with van der Waals surface area (Å²) in [5, 5.41) is 5.63.